The molecule has 1 fully saturated rings. The molecule has 0 radical (unpaired) electrons. The molecule has 1 saturated heterocycles. The minimum atomic E-state index is 0.0106. The SMILES string of the molecule is O=C(COc1ccc(-n2cncn2)cc1)N1CCN(Cc2ccc(Cl)cc2)CC1. The van der Waals surface area contributed by atoms with Crippen LogP contribution in [-0.2, 0) is 11.3 Å². The zero-order chi connectivity index (χ0) is 20.1. The van der Waals surface area contributed by atoms with Gasteiger partial charge in [-0.1, -0.05) is 23.7 Å². The van der Waals surface area contributed by atoms with Gasteiger partial charge < -0.3 is 9.64 Å². The van der Waals surface area contributed by atoms with Crippen LogP contribution in [0.25, 0.3) is 5.69 Å². The van der Waals surface area contributed by atoms with E-state index in [0.29, 0.717) is 18.8 Å². The van der Waals surface area contributed by atoms with Crippen LogP contribution in [-0.4, -0.2) is 63.3 Å². The molecule has 3 aromatic rings. The fourth-order valence-electron chi connectivity index (χ4n) is 3.28. The molecule has 0 spiro atoms. The maximum atomic E-state index is 12.5. The Morgan fingerprint density at radius 2 is 1.72 bits per heavy atom. The molecular formula is C21H22ClN5O2. The van der Waals surface area contributed by atoms with E-state index in [4.69, 9.17) is 16.3 Å². The molecule has 1 aliphatic rings. The van der Waals surface area contributed by atoms with E-state index >= 15 is 0 Å². The van der Waals surface area contributed by atoms with Crippen LogP contribution in [0.15, 0.2) is 61.2 Å². The summed E-state index contributed by atoms with van der Waals surface area (Å²) in [6.07, 6.45) is 3.12. The number of aromatic nitrogens is 3. The average molecular weight is 412 g/mol. The Bertz CT molecular complexity index is 921. The van der Waals surface area contributed by atoms with Crippen molar-refractivity contribution in [2.45, 2.75) is 6.54 Å². The van der Waals surface area contributed by atoms with Crippen LogP contribution in [0.4, 0.5) is 0 Å². The van der Waals surface area contributed by atoms with E-state index in [1.165, 1.54) is 11.9 Å². The molecule has 8 heteroatoms. The molecule has 0 aliphatic carbocycles. The molecule has 4 rings (SSSR count). The summed E-state index contributed by atoms with van der Waals surface area (Å²) in [5, 5.41) is 4.83. The lowest BCUT2D eigenvalue weighted by atomic mass is 10.2. The molecule has 2 heterocycles. The smallest absolute Gasteiger partial charge is 0.260 e. The van der Waals surface area contributed by atoms with E-state index in [2.05, 4.69) is 15.0 Å². The van der Waals surface area contributed by atoms with E-state index in [-0.39, 0.29) is 12.5 Å². The number of ether oxygens (including phenoxy) is 1. The number of nitrogens with zero attached hydrogens (tertiary/aromatic N) is 5. The van der Waals surface area contributed by atoms with E-state index in [9.17, 15) is 4.79 Å². The zero-order valence-corrected chi connectivity index (χ0v) is 16.7. The minimum Gasteiger partial charge on any atom is -0.484 e. The van der Waals surface area contributed by atoms with Gasteiger partial charge in [0.05, 0.1) is 5.69 Å². The molecule has 7 nitrogen and oxygen atoms in total. The van der Waals surface area contributed by atoms with Crippen molar-refractivity contribution in [3.05, 3.63) is 71.8 Å². The molecule has 1 aromatic heterocycles. The molecule has 0 atom stereocenters. The number of halogens is 1. The van der Waals surface area contributed by atoms with Gasteiger partial charge in [-0.3, -0.25) is 9.69 Å². The van der Waals surface area contributed by atoms with Crippen molar-refractivity contribution in [1.82, 2.24) is 24.6 Å². The summed E-state index contributed by atoms with van der Waals surface area (Å²) >= 11 is 5.94. The maximum Gasteiger partial charge on any atom is 0.260 e. The third-order valence-corrected chi connectivity index (χ3v) is 5.18. The molecule has 150 valence electrons. The lowest BCUT2D eigenvalue weighted by Crippen LogP contribution is -2.49. The Labute approximate surface area is 174 Å². The number of benzene rings is 2. The normalized spacial score (nSPS) is 14.7. The summed E-state index contributed by atoms with van der Waals surface area (Å²) in [7, 11) is 0. The van der Waals surface area contributed by atoms with Crippen molar-refractivity contribution in [3.63, 3.8) is 0 Å². The summed E-state index contributed by atoms with van der Waals surface area (Å²) in [6, 6.07) is 15.3. The van der Waals surface area contributed by atoms with E-state index < -0.39 is 0 Å². The standard InChI is InChI=1S/C21H22ClN5O2/c22-18-3-1-17(2-4-18)13-25-9-11-26(12-10-25)21(28)14-29-20-7-5-19(6-8-20)27-16-23-15-24-27/h1-8,15-16H,9-14H2. The lowest BCUT2D eigenvalue weighted by molar-refractivity contribution is -0.135. The molecular weight excluding hydrogens is 390 g/mol. The Morgan fingerprint density at radius 3 is 2.38 bits per heavy atom. The van der Waals surface area contributed by atoms with Gasteiger partial charge in [-0.05, 0) is 42.0 Å². The van der Waals surface area contributed by atoms with E-state index in [0.717, 1.165) is 30.3 Å². The van der Waals surface area contributed by atoms with Crippen molar-refractivity contribution in [2.24, 2.45) is 0 Å². The van der Waals surface area contributed by atoms with Gasteiger partial charge in [0.1, 0.15) is 18.4 Å². The van der Waals surface area contributed by atoms with Gasteiger partial charge in [0, 0.05) is 37.7 Å². The topological polar surface area (TPSA) is 63.5 Å². The van der Waals surface area contributed by atoms with Crippen LogP contribution in [0, 0.1) is 0 Å². The Hall–Kier alpha value is -2.90. The monoisotopic (exact) mass is 411 g/mol. The summed E-state index contributed by atoms with van der Waals surface area (Å²) in [4.78, 5) is 20.6. The number of hydrogen-bond acceptors (Lipinski definition) is 5. The fraction of sp³-hybridized carbons (Fsp3) is 0.286. The highest BCUT2D eigenvalue weighted by molar-refractivity contribution is 6.30. The number of carbonyl (C=O) groups excluding carboxylic acids is 1. The van der Waals surface area contributed by atoms with Crippen LogP contribution in [0.1, 0.15) is 5.56 Å². The first-order valence-electron chi connectivity index (χ1n) is 9.50. The highest BCUT2D eigenvalue weighted by atomic mass is 35.5. The highest BCUT2D eigenvalue weighted by Gasteiger charge is 2.21. The molecule has 0 saturated carbocycles. The van der Waals surface area contributed by atoms with E-state index in [1.54, 1.807) is 11.0 Å². The number of hydrogen-bond donors (Lipinski definition) is 0. The molecule has 0 unspecified atom stereocenters. The number of rotatable bonds is 6. The van der Waals surface area contributed by atoms with E-state index in [1.807, 2.05) is 53.4 Å². The Balaban J connectivity index is 1.22. The average Bonchev–Trinajstić information content (AvgIpc) is 3.29. The molecule has 2 aromatic carbocycles. The Morgan fingerprint density at radius 1 is 1.00 bits per heavy atom. The van der Waals surface area contributed by atoms with Gasteiger partial charge in [-0.15, -0.1) is 0 Å². The van der Waals surface area contributed by atoms with Gasteiger partial charge in [0.15, 0.2) is 6.61 Å². The summed E-state index contributed by atoms with van der Waals surface area (Å²) in [5.41, 5.74) is 2.12. The third-order valence-electron chi connectivity index (χ3n) is 4.93. The molecule has 0 bridgehead atoms. The van der Waals surface area contributed by atoms with Crippen molar-refractivity contribution >= 4 is 17.5 Å². The first-order chi connectivity index (χ1) is 14.2. The van der Waals surface area contributed by atoms with Crippen LogP contribution in [0.5, 0.6) is 5.75 Å². The zero-order valence-electron chi connectivity index (χ0n) is 15.9. The van der Waals surface area contributed by atoms with Crippen molar-refractivity contribution in [2.75, 3.05) is 32.8 Å². The van der Waals surface area contributed by atoms with Gasteiger partial charge in [0.2, 0.25) is 0 Å². The molecule has 1 amide bonds. The van der Waals surface area contributed by atoms with Crippen molar-refractivity contribution in [3.8, 4) is 11.4 Å². The summed E-state index contributed by atoms with van der Waals surface area (Å²) in [6.45, 7) is 4.03. The van der Waals surface area contributed by atoms with Gasteiger partial charge >= 0.3 is 0 Å². The second-order valence-corrected chi connectivity index (χ2v) is 7.34. The van der Waals surface area contributed by atoms with Crippen LogP contribution < -0.4 is 4.74 Å². The number of piperazine rings is 1. The van der Waals surface area contributed by atoms with Crippen LogP contribution in [0.3, 0.4) is 0 Å². The minimum absolute atomic E-state index is 0.0106. The van der Waals surface area contributed by atoms with Crippen molar-refractivity contribution < 1.29 is 9.53 Å². The fourth-order valence-corrected chi connectivity index (χ4v) is 3.40. The quantitative estimate of drug-likeness (QED) is 0.624. The molecule has 1 aliphatic heterocycles. The third kappa shape index (κ3) is 5.13. The predicted molar refractivity (Wildman–Crippen MR) is 110 cm³/mol. The number of amides is 1. The van der Waals surface area contributed by atoms with Gasteiger partial charge in [-0.25, -0.2) is 9.67 Å². The molecule has 0 N–H and O–H groups in total. The second kappa shape index (κ2) is 9.07. The summed E-state index contributed by atoms with van der Waals surface area (Å²) in [5.74, 6) is 0.667. The largest absolute Gasteiger partial charge is 0.484 e. The summed E-state index contributed by atoms with van der Waals surface area (Å²) < 4.78 is 7.33. The van der Waals surface area contributed by atoms with Gasteiger partial charge in [0.25, 0.3) is 5.91 Å². The predicted octanol–water partition coefficient (Wildman–Crippen LogP) is 2.64. The van der Waals surface area contributed by atoms with Crippen molar-refractivity contribution in [1.29, 1.82) is 0 Å². The number of carbonyl (C=O) groups is 1. The maximum absolute atomic E-state index is 12.5. The van der Waals surface area contributed by atoms with Crippen LogP contribution in [0.2, 0.25) is 5.02 Å². The first-order valence-corrected chi connectivity index (χ1v) is 9.87. The molecule has 29 heavy (non-hydrogen) atoms. The van der Waals surface area contributed by atoms with Gasteiger partial charge in [-0.2, -0.15) is 5.10 Å². The first kappa shape index (κ1) is 19.4. The second-order valence-electron chi connectivity index (χ2n) is 6.91. The highest BCUT2D eigenvalue weighted by Crippen LogP contribution is 2.15. The van der Waals surface area contributed by atoms with Crippen LogP contribution >= 0.6 is 11.6 Å². The lowest BCUT2D eigenvalue weighted by Gasteiger charge is -2.34. The Kier molecular flexibility index (Phi) is 6.07.